The summed E-state index contributed by atoms with van der Waals surface area (Å²) in [5, 5.41) is 18.1. The maximum Gasteiger partial charge on any atom is 0.356 e. The molecule has 0 spiro atoms. The summed E-state index contributed by atoms with van der Waals surface area (Å²) in [6, 6.07) is 0. The van der Waals surface area contributed by atoms with Crippen molar-refractivity contribution in [2.45, 2.75) is 32.0 Å². The Morgan fingerprint density at radius 2 is 1.80 bits per heavy atom. The van der Waals surface area contributed by atoms with Gasteiger partial charge in [-0.25, -0.2) is 9.59 Å². The van der Waals surface area contributed by atoms with Gasteiger partial charge in [-0.15, -0.1) is 0 Å². The van der Waals surface area contributed by atoms with Crippen LogP contribution in [-0.2, 0) is 19.2 Å². The number of carbonyl (C=O) groups excluding carboxylic acids is 2. The first-order chi connectivity index (χ1) is 7.04. The van der Waals surface area contributed by atoms with Gasteiger partial charge in [-0.05, 0) is 6.42 Å². The molecule has 0 aromatic rings. The summed E-state index contributed by atoms with van der Waals surface area (Å²) in [7, 11) is 0. The first-order valence-corrected chi connectivity index (χ1v) is 4.48. The maximum atomic E-state index is 11.0. The van der Waals surface area contributed by atoms with Gasteiger partial charge in [0.25, 0.3) is 0 Å². The molecule has 0 aromatic heterocycles. The fourth-order valence-electron chi connectivity index (χ4n) is 0.730. The molecule has 0 saturated carbocycles. The number of unbranched alkanes of at least 4 members (excludes halogenated alkanes) is 1. The van der Waals surface area contributed by atoms with E-state index in [0.29, 0.717) is 6.42 Å². The van der Waals surface area contributed by atoms with Gasteiger partial charge in [0.05, 0.1) is 6.61 Å². The van der Waals surface area contributed by atoms with Crippen molar-refractivity contribution in [3.63, 3.8) is 0 Å². The lowest BCUT2D eigenvalue weighted by Crippen LogP contribution is -2.42. The molecule has 88 valence electrons. The third-order valence-electron chi connectivity index (χ3n) is 1.64. The average Bonchev–Trinajstić information content (AvgIpc) is 2.26. The minimum absolute atomic E-state index is 0.122. The monoisotopic (exact) mass is 221 g/mol. The van der Waals surface area contributed by atoms with Gasteiger partial charge in [0.1, 0.15) is 0 Å². The minimum Gasteiger partial charge on any atom is -0.464 e. The van der Waals surface area contributed by atoms with Crippen LogP contribution in [0.15, 0.2) is 0 Å². The molecule has 0 aliphatic rings. The number of rotatable bonds is 6. The maximum absolute atomic E-state index is 11.0. The second-order valence-corrected chi connectivity index (χ2v) is 2.85. The summed E-state index contributed by atoms with van der Waals surface area (Å²) in [5.41, 5.74) is 0. The van der Waals surface area contributed by atoms with Crippen LogP contribution >= 0.6 is 0 Å². The van der Waals surface area contributed by atoms with Crippen molar-refractivity contribution in [3.05, 3.63) is 0 Å². The molecule has 0 saturated heterocycles. The highest BCUT2D eigenvalue weighted by Crippen LogP contribution is 1.99. The van der Waals surface area contributed by atoms with E-state index in [9.17, 15) is 9.59 Å². The van der Waals surface area contributed by atoms with E-state index < -0.39 is 24.1 Å². The molecule has 4 N–H and O–H groups in total. The molecule has 0 aliphatic carbocycles. The second kappa shape index (κ2) is 7.16. The van der Waals surface area contributed by atoms with E-state index in [1.165, 1.54) is 0 Å². The highest BCUT2D eigenvalue weighted by Gasteiger charge is 2.32. The van der Waals surface area contributed by atoms with Crippen LogP contribution in [0.4, 0.5) is 0 Å². The van der Waals surface area contributed by atoms with Crippen LogP contribution in [0.5, 0.6) is 0 Å². The molecule has 7 heteroatoms. The van der Waals surface area contributed by atoms with Crippen LogP contribution in [0, 0.1) is 0 Å². The Hall–Kier alpha value is -1.18. The van der Waals surface area contributed by atoms with Crippen LogP contribution in [0.25, 0.3) is 0 Å². The summed E-state index contributed by atoms with van der Waals surface area (Å²) in [4.78, 5) is 25.3. The van der Waals surface area contributed by atoms with E-state index >= 15 is 0 Å². The Labute approximate surface area is 86.7 Å². The molecule has 2 atom stereocenters. The number of aliphatic hydroxyl groups is 2. The van der Waals surface area contributed by atoms with Crippen LogP contribution in [0.1, 0.15) is 19.8 Å². The van der Waals surface area contributed by atoms with Gasteiger partial charge in [0.2, 0.25) is 0 Å². The first kappa shape index (κ1) is 13.8. The molecule has 0 bridgehead atoms. The lowest BCUT2D eigenvalue weighted by atomic mass is 10.2. The second-order valence-electron chi connectivity index (χ2n) is 2.85. The first-order valence-electron chi connectivity index (χ1n) is 4.48. The quantitative estimate of drug-likeness (QED) is 0.283. The zero-order valence-corrected chi connectivity index (χ0v) is 8.38. The van der Waals surface area contributed by atoms with Crippen LogP contribution < -0.4 is 5.90 Å². The molecule has 0 heterocycles. The fourth-order valence-corrected chi connectivity index (χ4v) is 0.730. The molecular weight excluding hydrogens is 206 g/mol. The van der Waals surface area contributed by atoms with Gasteiger partial charge >= 0.3 is 11.9 Å². The predicted molar refractivity (Wildman–Crippen MR) is 48.2 cm³/mol. The number of ether oxygens (including phenoxy) is 1. The van der Waals surface area contributed by atoms with Crippen LogP contribution in [0.3, 0.4) is 0 Å². The molecule has 0 radical (unpaired) electrons. The zero-order chi connectivity index (χ0) is 11.8. The van der Waals surface area contributed by atoms with Gasteiger partial charge in [-0.1, -0.05) is 13.3 Å². The molecule has 0 aliphatic heterocycles. The van der Waals surface area contributed by atoms with E-state index in [-0.39, 0.29) is 6.61 Å². The number of esters is 1. The molecule has 0 aromatic carbocycles. The van der Waals surface area contributed by atoms with E-state index in [0.717, 1.165) is 6.42 Å². The zero-order valence-electron chi connectivity index (χ0n) is 8.38. The summed E-state index contributed by atoms with van der Waals surface area (Å²) >= 11 is 0. The normalized spacial score (nSPS) is 14.1. The third-order valence-corrected chi connectivity index (χ3v) is 1.64. The summed E-state index contributed by atoms with van der Waals surface area (Å²) in [5.74, 6) is 2.08. The number of nitrogens with two attached hydrogens (primary N) is 1. The molecule has 15 heavy (non-hydrogen) atoms. The number of hydrogen-bond acceptors (Lipinski definition) is 7. The van der Waals surface area contributed by atoms with E-state index in [2.05, 4.69) is 15.5 Å². The molecule has 0 fully saturated rings. The van der Waals surface area contributed by atoms with Crippen molar-refractivity contribution in [1.82, 2.24) is 0 Å². The van der Waals surface area contributed by atoms with E-state index in [1.54, 1.807) is 0 Å². The third kappa shape index (κ3) is 4.73. The Morgan fingerprint density at radius 3 is 2.27 bits per heavy atom. The SMILES string of the molecule is CCCCOC(=O)C(O)C(O)C(=O)ON. The Morgan fingerprint density at radius 1 is 1.27 bits per heavy atom. The van der Waals surface area contributed by atoms with Crippen molar-refractivity contribution in [2.75, 3.05) is 6.61 Å². The van der Waals surface area contributed by atoms with Gasteiger partial charge in [0.15, 0.2) is 12.2 Å². The fraction of sp³-hybridized carbons (Fsp3) is 0.750. The van der Waals surface area contributed by atoms with Crippen molar-refractivity contribution in [1.29, 1.82) is 0 Å². The van der Waals surface area contributed by atoms with Crippen LogP contribution in [-0.4, -0.2) is 41.0 Å². The van der Waals surface area contributed by atoms with Crippen LogP contribution in [0.2, 0.25) is 0 Å². The number of aliphatic hydroxyl groups excluding tert-OH is 2. The molecule has 0 rings (SSSR count). The Bertz CT molecular complexity index is 219. The molecule has 0 amide bonds. The van der Waals surface area contributed by atoms with E-state index in [4.69, 9.17) is 10.2 Å². The topological polar surface area (TPSA) is 119 Å². The highest BCUT2D eigenvalue weighted by atomic mass is 16.7. The minimum atomic E-state index is -2.02. The molecule has 2 unspecified atom stereocenters. The van der Waals surface area contributed by atoms with Crippen molar-refractivity contribution < 1.29 is 29.4 Å². The van der Waals surface area contributed by atoms with E-state index in [1.807, 2.05) is 6.92 Å². The Balaban J connectivity index is 4.02. The summed E-state index contributed by atoms with van der Waals surface area (Å²) in [6.45, 7) is 2.02. The molecular formula is C8H15NO6. The van der Waals surface area contributed by atoms with Gasteiger partial charge < -0.3 is 19.8 Å². The van der Waals surface area contributed by atoms with Gasteiger partial charge in [-0.2, -0.15) is 5.90 Å². The summed E-state index contributed by atoms with van der Waals surface area (Å²) in [6.07, 6.45) is -2.55. The lowest BCUT2D eigenvalue weighted by Gasteiger charge is -2.13. The summed E-state index contributed by atoms with van der Waals surface area (Å²) < 4.78 is 4.56. The molecule has 7 nitrogen and oxygen atoms in total. The highest BCUT2D eigenvalue weighted by molar-refractivity contribution is 5.85. The van der Waals surface area contributed by atoms with Crippen molar-refractivity contribution >= 4 is 11.9 Å². The number of hydrogen-bond donors (Lipinski definition) is 3. The Kier molecular flexibility index (Phi) is 6.59. The standard InChI is InChI=1S/C8H15NO6/c1-2-3-4-14-7(12)5(10)6(11)8(13)15-9/h5-6,10-11H,2-4,9H2,1H3. The van der Waals surface area contributed by atoms with Crippen molar-refractivity contribution in [2.24, 2.45) is 5.90 Å². The largest absolute Gasteiger partial charge is 0.464 e. The van der Waals surface area contributed by atoms with Gasteiger partial charge in [0, 0.05) is 0 Å². The lowest BCUT2D eigenvalue weighted by molar-refractivity contribution is -0.173. The average molecular weight is 221 g/mol. The predicted octanol–water partition coefficient (Wildman–Crippen LogP) is -1.53. The van der Waals surface area contributed by atoms with Gasteiger partial charge in [-0.3, -0.25) is 0 Å². The number of carbonyl (C=O) groups is 2. The van der Waals surface area contributed by atoms with Crippen molar-refractivity contribution in [3.8, 4) is 0 Å². The smallest absolute Gasteiger partial charge is 0.356 e.